The lowest BCUT2D eigenvalue weighted by atomic mass is 10.3. The van der Waals surface area contributed by atoms with E-state index < -0.39 is 10.0 Å². The SMILES string of the molecule is COc1ccc(S(=O)(=O)NCCOc2ccc(F)cc2)cc1Cl. The van der Waals surface area contributed by atoms with Crippen LogP contribution in [-0.2, 0) is 10.0 Å². The van der Waals surface area contributed by atoms with E-state index in [1.54, 1.807) is 0 Å². The molecule has 0 atom stereocenters. The molecule has 124 valence electrons. The standard InChI is InChI=1S/C15H15ClFNO4S/c1-21-15-7-6-13(10-14(15)16)23(19,20)18-8-9-22-12-4-2-11(17)3-5-12/h2-7,10,18H,8-9H2,1H3. The van der Waals surface area contributed by atoms with E-state index in [1.165, 1.54) is 49.6 Å². The highest BCUT2D eigenvalue weighted by molar-refractivity contribution is 7.89. The maximum absolute atomic E-state index is 12.7. The van der Waals surface area contributed by atoms with E-state index >= 15 is 0 Å². The van der Waals surface area contributed by atoms with Gasteiger partial charge in [-0.2, -0.15) is 0 Å². The molecule has 2 rings (SSSR count). The molecule has 0 aliphatic rings. The van der Waals surface area contributed by atoms with Crippen molar-refractivity contribution in [1.29, 1.82) is 0 Å². The summed E-state index contributed by atoms with van der Waals surface area (Å²) < 4.78 is 49.7. The third-order valence-corrected chi connectivity index (χ3v) is 4.66. The van der Waals surface area contributed by atoms with Crippen LogP contribution in [0.2, 0.25) is 5.02 Å². The third-order valence-electron chi connectivity index (χ3n) is 2.91. The van der Waals surface area contributed by atoms with Gasteiger partial charge in [-0.25, -0.2) is 17.5 Å². The van der Waals surface area contributed by atoms with Crippen molar-refractivity contribution in [3.8, 4) is 11.5 Å². The van der Waals surface area contributed by atoms with Crippen LogP contribution >= 0.6 is 11.6 Å². The maximum Gasteiger partial charge on any atom is 0.240 e. The topological polar surface area (TPSA) is 64.6 Å². The van der Waals surface area contributed by atoms with Crippen LogP contribution in [0.3, 0.4) is 0 Å². The monoisotopic (exact) mass is 359 g/mol. The highest BCUT2D eigenvalue weighted by Crippen LogP contribution is 2.26. The smallest absolute Gasteiger partial charge is 0.240 e. The molecule has 23 heavy (non-hydrogen) atoms. The van der Waals surface area contributed by atoms with E-state index in [2.05, 4.69) is 4.72 Å². The van der Waals surface area contributed by atoms with Gasteiger partial charge in [0.1, 0.15) is 23.9 Å². The molecule has 8 heteroatoms. The van der Waals surface area contributed by atoms with Crippen LogP contribution in [0.4, 0.5) is 4.39 Å². The van der Waals surface area contributed by atoms with Gasteiger partial charge in [0.05, 0.1) is 17.0 Å². The molecule has 5 nitrogen and oxygen atoms in total. The molecule has 1 N–H and O–H groups in total. The van der Waals surface area contributed by atoms with Gasteiger partial charge in [-0.3, -0.25) is 0 Å². The van der Waals surface area contributed by atoms with E-state index in [-0.39, 0.29) is 28.9 Å². The summed E-state index contributed by atoms with van der Waals surface area (Å²) in [6.07, 6.45) is 0. The van der Waals surface area contributed by atoms with Crippen molar-refractivity contribution < 1.29 is 22.3 Å². The Kier molecular flexibility index (Phi) is 5.81. The van der Waals surface area contributed by atoms with E-state index in [4.69, 9.17) is 21.1 Å². The first-order valence-electron chi connectivity index (χ1n) is 6.64. The fraction of sp³-hybridized carbons (Fsp3) is 0.200. The highest BCUT2D eigenvalue weighted by Gasteiger charge is 2.15. The van der Waals surface area contributed by atoms with Crippen LogP contribution in [0.15, 0.2) is 47.4 Å². The molecule has 0 fully saturated rings. The zero-order chi connectivity index (χ0) is 16.9. The van der Waals surface area contributed by atoms with Crippen molar-refractivity contribution in [3.05, 3.63) is 53.3 Å². The van der Waals surface area contributed by atoms with Crippen molar-refractivity contribution in [1.82, 2.24) is 4.72 Å². The number of sulfonamides is 1. The number of rotatable bonds is 7. The molecule has 2 aromatic carbocycles. The molecule has 0 unspecified atom stereocenters. The first kappa shape index (κ1) is 17.5. The number of hydrogen-bond acceptors (Lipinski definition) is 4. The first-order chi connectivity index (χ1) is 10.9. The maximum atomic E-state index is 12.7. The lowest BCUT2D eigenvalue weighted by molar-refractivity contribution is 0.322. The second-order valence-corrected chi connectivity index (χ2v) is 6.67. The van der Waals surface area contributed by atoms with Crippen LogP contribution in [0, 0.1) is 5.82 Å². The van der Waals surface area contributed by atoms with Crippen molar-refractivity contribution in [2.75, 3.05) is 20.3 Å². The first-order valence-corrected chi connectivity index (χ1v) is 8.50. The Morgan fingerprint density at radius 2 is 1.87 bits per heavy atom. The Bertz CT molecular complexity index is 766. The molecular formula is C15H15ClFNO4S. The van der Waals surface area contributed by atoms with Gasteiger partial charge in [-0.15, -0.1) is 0 Å². The Morgan fingerprint density at radius 1 is 1.17 bits per heavy atom. The predicted octanol–water partition coefficient (Wildman–Crippen LogP) is 2.85. The molecule has 2 aromatic rings. The Hall–Kier alpha value is -1.83. The van der Waals surface area contributed by atoms with Crippen LogP contribution in [0.25, 0.3) is 0 Å². The lowest BCUT2D eigenvalue weighted by Crippen LogP contribution is -2.28. The van der Waals surface area contributed by atoms with Gasteiger partial charge in [0.25, 0.3) is 0 Å². The number of ether oxygens (including phenoxy) is 2. The van der Waals surface area contributed by atoms with Gasteiger partial charge < -0.3 is 9.47 Å². The molecule has 0 saturated carbocycles. The molecule has 0 aliphatic heterocycles. The van der Waals surface area contributed by atoms with Gasteiger partial charge in [-0.05, 0) is 42.5 Å². The minimum absolute atomic E-state index is 0.0325. The van der Waals surface area contributed by atoms with E-state index in [9.17, 15) is 12.8 Å². The molecule has 0 saturated heterocycles. The van der Waals surface area contributed by atoms with Crippen LogP contribution in [0.5, 0.6) is 11.5 Å². The van der Waals surface area contributed by atoms with Gasteiger partial charge in [0.15, 0.2) is 0 Å². The van der Waals surface area contributed by atoms with Gasteiger partial charge in [-0.1, -0.05) is 11.6 Å². The second-order valence-electron chi connectivity index (χ2n) is 4.50. The largest absolute Gasteiger partial charge is 0.495 e. The third kappa shape index (κ3) is 4.82. The van der Waals surface area contributed by atoms with Crippen LogP contribution in [-0.4, -0.2) is 28.7 Å². The molecular weight excluding hydrogens is 345 g/mol. The summed E-state index contributed by atoms with van der Waals surface area (Å²) in [7, 11) is -2.25. The Labute approximate surface area is 139 Å². The zero-order valence-corrected chi connectivity index (χ0v) is 13.8. The summed E-state index contributed by atoms with van der Waals surface area (Å²) in [6.45, 7) is 0.165. The quantitative estimate of drug-likeness (QED) is 0.772. The summed E-state index contributed by atoms with van der Waals surface area (Å²) in [6, 6.07) is 9.64. The zero-order valence-electron chi connectivity index (χ0n) is 12.3. The van der Waals surface area contributed by atoms with Gasteiger partial charge in [0, 0.05) is 6.54 Å². The second kappa shape index (κ2) is 7.63. The van der Waals surface area contributed by atoms with Crippen LogP contribution < -0.4 is 14.2 Å². The van der Waals surface area contributed by atoms with Crippen molar-refractivity contribution >= 4 is 21.6 Å². The average molecular weight is 360 g/mol. The molecule has 0 amide bonds. The van der Waals surface area contributed by atoms with E-state index in [0.717, 1.165) is 0 Å². The van der Waals surface area contributed by atoms with Gasteiger partial charge in [0.2, 0.25) is 10.0 Å². The number of halogens is 2. The average Bonchev–Trinajstić information content (AvgIpc) is 2.53. The van der Waals surface area contributed by atoms with Crippen molar-refractivity contribution in [2.24, 2.45) is 0 Å². The molecule has 0 bridgehead atoms. The minimum Gasteiger partial charge on any atom is -0.495 e. The summed E-state index contributed by atoms with van der Waals surface area (Å²) >= 11 is 5.92. The van der Waals surface area contributed by atoms with Crippen LogP contribution in [0.1, 0.15) is 0 Å². The van der Waals surface area contributed by atoms with Gasteiger partial charge >= 0.3 is 0 Å². The highest BCUT2D eigenvalue weighted by atomic mass is 35.5. The number of nitrogens with one attached hydrogen (secondary N) is 1. The fourth-order valence-electron chi connectivity index (χ4n) is 1.77. The minimum atomic E-state index is -3.70. The van der Waals surface area contributed by atoms with Crippen molar-refractivity contribution in [3.63, 3.8) is 0 Å². The predicted molar refractivity (Wildman–Crippen MR) is 85.1 cm³/mol. The van der Waals surface area contributed by atoms with E-state index in [0.29, 0.717) is 11.5 Å². The van der Waals surface area contributed by atoms with Crippen molar-refractivity contribution in [2.45, 2.75) is 4.90 Å². The summed E-state index contributed by atoms with van der Waals surface area (Å²) in [4.78, 5) is 0.0325. The Morgan fingerprint density at radius 3 is 2.48 bits per heavy atom. The molecule has 0 radical (unpaired) electrons. The molecule has 0 aliphatic carbocycles. The molecule has 0 aromatic heterocycles. The number of hydrogen-bond donors (Lipinski definition) is 1. The fourth-order valence-corrected chi connectivity index (χ4v) is 3.13. The molecule has 0 heterocycles. The number of methoxy groups -OCH3 is 1. The number of benzene rings is 2. The lowest BCUT2D eigenvalue weighted by Gasteiger charge is -2.10. The summed E-state index contributed by atoms with van der Waals surface area (Å²) in [5, 5.41) is 0.206. The normalized spacial score (nSPS) is 11.3. The molecule has 0 spiro atoms. The summed E-state index contributed by atoms with van der Waals surface area (Å²) in [5.41, 5.74) is 0. The Balaban J connectivity index is 1.91. The summed E-state index contributed by atoms with van der Waals surface area (Å²) in [5.74, 6) is 0.484. The van der Waals surface area contributed by atoms with E-state index in [1.807, 2.05) is 0 Å².